The zero-order chi connectivity index (χ0) is 19.1. The van der Waals surface area contributed by atoms with Crippen molar-refractivity contribution in [1.29, 1.82) is 0 Å². The summed E-state index contributed by atoms with van der Waals surface area (Å²) in [6.45, 7) is 6.00. The molecule has 0 bridgehead atoms. The topological polar surface area (TPSA) is 81.7 Å². The van der Waals surface area contributed by atoms with Crippen molar-refractivity contribution in [3.8, 4) is 0 Å². The lowest BCUT2D eigenvalue weighted by atomic mass is 10.5. The van der Waals surface area contributed by atoms with E-state index >= 15 is 0 Å². The molecule has 0 fully saturated rings. The molecular formula is C17H34O8S. The van der Waals surface area contributed by atoms with Crippen molar-refractivity contribution >= 4 is 17.7 Å². The zero-order valence-electron chi connectivity index (χ0n) is 16.1. The highest BCUT2D eigenvalue weighted by Crippen LogP contribution is 1.91. The second-order valence-corrected chi connectivity index (χ2v) is 6.00. The van der Waals surface area contributed by atoms with Gasteiger partial charge in [-0.05, 0) is 6.26 Å². The van der Waals surface area contributed by atoms with Gasteiger partial charge in [-0.25, -0.2) is 0 Å². The van der Waals surface area contributed by atoms with Crippen LogP contribution in [0.25, 0.3) is 0 Å². The molecule has 0 aromatic heterocycles. The Bertz CT molecular complexity index is 294. The van der Waals surface area contributed by atoms with Gasteiger partial charge in [-0.15, -0.1) is 0 Å². The van der Waals surface area contributed by atoms with Crippen molar-refractivity contribution in [2.45, 2.75) is 6.42 Å². The van der Waals surface area contributed by atoms with Gasteiger partial charge in [0.1, 0.15) is 6.61 Å². The van der Waals surface area contributed by atoms with Crippen LogP contribution in [0, 0.1) is 0 Å². The van der Waals surface area contributed by atoms with Crippen molar-refractivity contribution < 1.29 is 38.0 Å². The first-order valence-corrected chi connectivity index (χ1v) is 10.2. The minimum absolute atomic E-state index is 0.244. The van der Waals surface area contributed by atoms with Crippen LogP contribution < -0.4 is 0 Å². The Morgan fingerprint density at radius 2 is 1.08 bits per heavy atom. The molecule has 156 valence electrons. The van der Waals surface area contributed by atoms with Crippen molar-refractivity contribution in [1.82, 2.24) is 0 Å². The number of rotatable bonds is 21. The van der Waals surface area contributed by atoms with E-state index in [4.69, 9.17) is 33.2 Å². The molecule has 26 heavy (non-hydrogen) atoms. The molecule has 0 aliphatic rings. The maximum atomic E-state index is 11.2. The molecule has 8 nitrogen and oxygen atoms in total. The molecule has 0 aliphatic heterocycles. The maximum Gasteiger partial charge on any atom is 0.308 e. The summed E-state index contributed by atoms with van der Waals surface area (Å²) in [5.74, 6) is 0.729. The number of esters is 1. The van der Waals surface area contributed by atoms with E-state index in [1.54, 1.807) is 18.9 Å². The predicted octanol–water partition coefficient (Wildman–Crippen LogP) is 1.01. The Balaban J connectivity index is 3.04. The molecule has 9 heteroatoms. The van der Waals surface area contributed by atoms with Gasteiger partial charge in [0.2, 0.25) is 0 Å². The van der Waals surface area contributed by atoms with Crippen LogP contribution >= 0.6 is 11.8 Å². The van der Waals surface area contributed by atoms with E-state index in [0.29, 0.717) is 66.1 Å². The molecule has 0 atom stereocenters. The summed E-state index contributed by atoms with van der Waals surface area (Å²) in [7, 11) is 1.54. The fraction of sp³-hybridized carbons (Fsp3) is 0.941. The van der Waals surface area contributed by atoms with Crippen LogP contribution in [-0.4, -0.2) is 104 Å². The number of hydrogen-bond acceptors (Lipinski definition) is 9. The third-order valence-electron chi connectivity index (χ3n) is 2.92. The molecule has 0 aromatic carbocycles. The summed E-state index contributed by atoms with van der Waals surface area (Å²) in [4.78, 5) is 11.2. The van der Waals surface area contributed by atoms with Crippen LogP contribution in [0.4, 0.5) is 0 Å². The van der Waals surface area contributed by atoms with Gasteiger partial charge in [0.05, 0.1) is 79.1 Å². The number of carbonyl (C=O) groups excluding carboxylic acids is 1. The molecule has 0 heterocycles. The summed E-state index contributed by atoms with van der Waals surface area (Å²) in [5, 5.41) is 0. The van der Waals surface area contributed by atoms with Crippen LogP contribution in [0.5, 0.6) is 0 Å². The molecule has 0 N–H and O–H groups in total. The third kappa shape index (κ3) is 21.6. The molecule has 0 saturated heterocycles. The van der Waals surface area contributed by atoms with Crippen LogP contribution in [0.3, 0.4) is 0 Å². The van der Waals surface area contributed by atoms with E-state index in [2.05, 4.69) is 6.26 Å². The summed E-state index contributed by atoms with van der Waals surface area (Å²) >= 11 is 1.77. The van der Waals surface area contributed by atoms with E-state index in [0.717, 1.165) is 12.4 Å². The molecular weight excluding hydrogens is 364 g/mol. The Kier molecular flexibility index (Phi) is 22.3. The van der Waals surface area contributed by atoms with Gasteiger partial charge in [-0.3, -0.25) is 4.79 Å². The molecule has 0 unspecified atom stereocenters. The highest BCUT2D eigenvalue weighted by Gasteiger charge is 2.01. The Labute approximate surface area is 161 Å². The van der Waals surface area contributed by atoms with Gasteiger partial charge in [-0.2, -0.15) is 11.8 Å². The normalized spacial score (nSPS) is 11.0. The zero-order valence-corrected chi connectivity index (χ0v) is 16.9. The van der Waals surface area contributed by atoms with Crippen molar-refractivity contribution in [2.75, 3.05) is 98.4 Å². The molecule has 0 aliphatic carbocycles. The van der Waals surface area contributed by atoms with Crippen LogP contribution in [0.2, 0.25) is 0 Å². The number of thioether (sulfide) groups is 1. The van der Waals surface area contributed by atoms with Crippen LogP contribution in [-0.2, 0) is 38.0 Å². The second-order valence-electron chi connectivity index (χ2n) is 5.02. The number of methoxy groups -OCH3 is 1. The van der Waals surface area contributed by atoms with E-state index in [1.807, 2.05) is 0 Å². The molecule has 0 spiro atoms. The van der Waals surface area contributed by atoms with Crippen molar-refractivity contribution in [3.63, 3.8) is 0 Å². The van der Waals surface area contributed by atoms with Gasteiger partial charge in [0.15, 0.2) is 0 Å². The van der Waals surface area contributed by atoms with E-state index in [-0.39, 0.29) is 19.0 Å². The minimum Gasteiger partial charge on any atom is -0.463 e. The van der Waals surface area contributed by atoms with Crippen molar-refractivity contribution in [2.24, 2.45) is 0 Å². The monoisotopic (exact) mass is 398 g/mol. The number of carbonyl (C=O) groups is 1. The third-order valence-corrected chi connectivity index (χ3v) is 3.50. The summed E-state index contributed by atoms with van der Waals surface area (Å²) in [6, 6.07) is 0. The van der Waals surface area contributed by atoms with Gasteiger partial charge in [-0.1, -0.05) is 0 Å². The first-order valence-electron chi connectivity index (χ1n) is 8.83. The summed E-state index contributed by atoms with van der Waals surface area (Å²) in [5.41, 5.74) is 0. The lowest BCUT2D eigenvalue weighted by molar-refractivity contribution is -0.146. The lowest BCUT2D eigenvalue weighted by Gasteiger charge is -2.08. The molecule has 0 rings (SSSR count). The van der Waals surface area contributed by atoms with Gasteiger partial charge in [0.25, 0.3) is 0 Å². The minimum atomic E-state index is -0.282. The average molecular weight is 399 g/mol. The highest BCUT2D eigenvalue weighted by molar-refractivity contribution is 7.98. The Hall–Kier alpha value is -0.420. The average Bonchev–Trinajstić information content (AvgIpc) is 2.65. The largest absolute Gasteiger partial charge is 0.463 e. The molecule has 0 saturated carbocycles. The Morgan fingerprint density at radius 3 is 1.50 bits per heavy atom. The van der Waals surface area contributed by atoms with Crippen LogP contribution in [0.15, 0.2) is 0 Å². The maximum absolute atomic E-state index is 11.2. The van der Waals surface area contributed by atoms with Gasteiger partial charge in [0, 0.05) is 12.9 Å². The van der Waals surface area contributed by atoms with Crippen molar-refractivity contribution in [3.05, 3.63) is 0 Å². The smallest absolute Gasteiger partial charge is 0.308 e. The summed E-state index contributed by atoms with van der Waals surface area (Å²) < 4.78 is 36.5. The first-order chi connectivity index (χ1) is 12.8. The second kappa shape index (κ2) is 22.6. The quantitative estimate of drug-likeness (QED) is 0.208. The first kappa shape index (κ1) is 25.6. The summed E-state index contributed by atoms with van der Waals surface area (Å²) in [6.07, 6.45) is 2.32. The van der Waals surface area contributed by atoms with Gasteiger partial charge >= 0.3 is 5.97 Å². The predicted molar refractivity (Wildman–Crippen MR) is 99.9 cm³/mol. The SMILES string of the molecule is COCCC(=O)OCCOCCOCCOCCOCCOCCSC. The van der Waals surface area contributed by atoms with Gasteiger partial charge < -0.3 is 33.2 Å². The van der Waals surface area contributed by atoms with Crippen LogP contribution in [0.1, 0.15) is 6.42 Å². The van der Waals surface area contributed by atoms with E-state index in [1.165, 1.54) is 0 Å². The number of hydrogen-bond donors (Lipinski definition) is 0. The highest BCUT2D eigenvalue weighted by atomic mass is 32.2. The molecule has 0 amide bonds. The number of ether oxygens (including phenoxy) is 7. The standard InChI is InChI=1S/C17H34O8S/c1-19-4-3-17(18)25-14-13-23-10-9-21-6-5-20-7-8-22-11-12-24-15-16-26-2/h3-16H2,1-2H3. The molecule has 0 radical (unpaired) electrons. The van der Waals surface area contributed by atoms with E-state index < -0.39 is 0 Å². The molecule has 0 aromatic rings. The fourth-order valence-corrected chi connectivity index (χ4v) is 1.88. The fourth-order valence-electron chi connectivity index (χ4n) is 1.60. The Morgan fingerprint density at radius 1 is 0.654 bits per heavy atom. The van der Waals surface area contributed by atoms with E-state index in [9.17, 15) is 4.79 Å². The lowest BCUT2D eigenvalue weighted by Crippen LogP contribution is -2.15.